The van der Waals surface area contributed by atoms with Gasteiger partial charge in [-0.3, -0.25) is 4.79 Å². The van der Waals surface area contributed by atoms with Crippen LogP contribution in [0.3, 0.4) is 0 Å². The molecule has 158 valence electrons. The fourth-order valence-electron chi connectivity index (χ4n) is 4.07. The van der Waals surface area contributed by atoms with E-state index < -0.39 is 0 Å². The molecule has 6 heteroatoms. The molecule has 3 aliphatic rings. The third-order valence-corrected chi connectivity index (χ3v) is 6.02. The molecule has 3 fully saturated rings. The predicted octanol–water partition coefficient (Wildman–Crippen LogP) is 2.92. The van der Waals surface area contributed by atoms with E-state index in [9.17, 15) is 9.59 Å². The van der Waals surface area contributed by atoms with Gasteiger partial charge in [-0.1, -0.05) is 6.92 Å². The lowest BCUT2D eigenvalue weighted by molar-refractivity contribution is -0.135. The summed E-state index contributed by atoms with van der Waals surface area (Å²) in [5.41, 5.74) is 0.475. The number of hydrogen-bond acceptors (Lipinski definition) is 6. The maximum Gasteiger partial charge on any atom is 0.138 e. The second-order valence-corrected chi connectivity index (χ2v) is 7.46. The maximum absolute atomic E-state index is 11.9. The minimum absolute atomic E-state index is 0.0906. The summed E-state index contributed by atoms with van der Waals surface area (Å²) < 4.78 is 15.3. The van der Waals surface area contributed by atoms with Gasteiger partial charge in [0.05, 0.1) is 33.0 Å². The van der Waals surface area contributed by atoms with Gasteiger partial charge in [0.1, 0.15) is 12.1 Å². The molecule has 2 bridgehead atoms. The van der Waals surface area contributed by atoms with E-state index >= 15 is 0 Å². The summed E-state index contributed by atoms with van der Waals surface area (Å²) in [6.07, 6.45) is 9.02. The number of carbonyl (C=O) groups excluding carboxylic acids is 2. The molecule has 3 saturated carbocycles. The average molecular weight is 386 g/mol. The van der Waals surface area contributed by atoms with Crippen molar-refractivity contribution in [2.24, 2.45) is 5.41 Å². The highest BCUT2D eigenvalue weighted by Crippen LogP contribution is 2.52. The van der Waals surface area contributed by atoms with Crippen LogP contribution in [0.25, 0.3) is 0 Å². The van der Waals surface area contributed by atoms with Gasteiger partial charge < -0.3 is 24.3 Å². The fourth-order valence-corrected chi connectivity index (χ4v) is 4.07. The van der Waals surface area contributed by atoms with Crippen molar-refractivity contribution in [3.05, 3.63) is 0 Å². The van der Waals surface area contributed by atoms with Crippen LogP contribution >= 0.6 is 0 Å². The Morgan fingerprint density at radius 1 is 0.889 bits per heavy atom. The van der Waals surface area contributed by atoms with Gasteiger partial charge in [-0.25, -0.2) is 0 Å². The summed E-state index contributed by atoms with van der Waals surface area (Å²) >= 11 is 0. The van der Waals surface area contributed by atoms with Gasteiger partial charge in [-0.15, -0.1) is 0 Å². The van der Waals surface area contributed by atoms with Crippen LogP contribution in [0.15, 0.2) is 0 Å². The Morgan fingerprint density at radius 2 is 1.41 bits per heavy atom. The second-order valence-electron chi connectivity index (χ2n) is 7.46. The molecule has 0 aromatic heterocycles. The Hall–Kier alpha value is -0.820. The standard InChI is InChI=1S/C12H21NO.C9H18O4/c1-3-10(14)11-4-7-12(13-2,8-5-11)9-6-11;1-2-11-6-7-13-9-8-12-5-3-4-10/h13H,3-9H2,1-2H3;4H,2-3,5-9H2,1H3. The Balaban J connectivity index is 0.000000271. The lowest BCUT2D eigenvalue weighted by Gasteiger charge is -2.52. The van der Waals surface area contributed by atoms with Crippen LogP contribution in [0.2, 0.25) is 0 Å². The Labute approximate surface area is 164 Å². The van der Waals surface area contributed by atoms with Crippen molar-refractivity contribution in [3.8, 4) is 0 Å². The average Bonchev–Trinajstić information content (AvgIpc) is 2.74. The summed E-state index contributed by atoms with van der Waals surface area (Å²) in [6.45, 7) is 7.49. The molecule has 0 spiro atoms. The number of hydrogen-bond donors (Lipinski definition) is 1. The minimum atomic E-state index is 0.0906. The summed E-state index contributed by atoms with van der Waals surface area (Å²) in [5.74, 6) is 0.516. The highest BCUT2D eigenvalue weighted by molar-refractivity contribution is 5.85. The number of ether oxygens (including phenoxy) is 3. The monoisotopic (exact) mass is 385 g/mol. The minimum Gasteiger partial charge on any atom is -0.379 e. The van der Waals surface area contributed by atoms with Gasteiger partial charge in [-0.05, 0) is 52.5 Å². The molecule has 0 aliphatic heterocycles. The van der Waals surface area contributed by atoms with Crippen molar-refractivity contribution < 1.29 is 23.8 Å². The summed E-state index contributed by atoms with van der Waals surface area (Å²) in [4.78, 5) is 21.8. The number of carbonyl (C=O) groups is 2. The lowest BCUT2D eigenvalue weighted by Crippen LogP contribution is -2.55. The van der Waals surface area contributed by atoms with Crippen molar-refractivity contribution >= 4 is 12.1 Å². The van der Waals surface area contributed by atoms with Crippen LogP contribution in [-0.2, 0) is 23.8 Å². The topological polar surface area (TPSA) is 73.9 Å². The van der Waals surface area contributed by atoms with E-state index in [-0.39, 0.29) is 5.41 Å². The third kappa shape index (κ3) is 7.98. The van der Waals surface area contributed by atoms with Crippen LogP contribution in [0, 0.1) is 5.41 Å². The van der Waals surface area contributed by atoms with Gasteiger partial charge in [0.15, 0.2) is 0 Å². The van der Waals surface area contributed by atoms with E-state index in [1.54, 1.807) is 0 Å². The molecule has 6 nitrogen and oxygen atoms in total. The molecule has 3 aliphatic carbocycles. The van der Waals surface area contributed by atoms with Crippen LogP contribution in [0.5, 0.6) is 0 Å². The molecule has 0 aromatic rings. The van der Waals surface area contributed by atoms with Gasteiger partial charge >= 0.3 is 0 Å². The molecule has 0 saturated heterocycles. The lowest BCUT2D eigenvalue weighted by atomic mass is 9.55. The van der Waals surface area contributed by atoms with Crippen molar-refractivity contribution in [3.63, 3.8) is 0 Å². The zero-order valence-electron chi connectivity index (χ0n) is 17.5. The van der Waals surface area contributed by atoms with E-state index in [0.29, 0.717) is 50.8 Å². The number of ketones is 1. The van der Waals surface area contributed by atoms with Crippen LogP contribution in [-0.4, -0.2) is 64.3 Å². The molecular formula is C21H39NO5. The molecule has 1 N–H and O–H groups in total. The third-order valence-electron chi connectivity index (χ3n) is 6.02. The fraction of sp³-hybridized carbons (Fsp3) is 0.905. The van der Waals surface area contributed by atoms with Crippen LogP contribution in [0.4, 0.5) is 0 Å². The molecule has 0 aromatic carbocycles. The Kier molecular flexibility index (Phi) is 12.0. The number of Topliss-reactive ketones (excluding diaryl/α,β-unsaturated/α-hetero) is 1. The highest BCUT2D eigenvalue weighted by Gasteiger charge is 2.50. The molecule has 3 rings (SSSR count). The predicted molar refractivity (Wildman–Crippen MR) is 106 cm³/mol. The molecule has 0 amide bonds. The van der Waals surface area contributed by atoms with E-state index in [4.69, 9.17) is 14.2 Å². The van der Waals surface area contributed by atoms with Gasteiger partial charge in [0.2, 0.25) is 0 Å². The normalized spacial score (nSPS) is 26.3. The second kappa shape index (κ2) is 13.4. The van der Waals surface area contributed by atoms with Crippen molar-refractivity contribution in [2.75, 3.05) is 46.7 Å². The number of rotatable bonds is 13. The van der Waals surface area contributed by atoms with Crippen LogP contribution < -0.4 is 5.32 Å². The van der Waals surface area contributed by atoms with Crippen molar-refractivity contribution in [1.82, 2.24) is 5.32 Å². The van der Waals surface area contributed by atoms with E-state index in [1.165, 1.54) is 19.3 Å². The largest absolute Gasteiger partial charge is 0.379 e. The van der Waals surface area contributed by atoms with Crippen molar-refractivity contribution in [1.29, 1.82) is 0 Å². The van der Waals surface area contributed by atoms with E-state index in [2.05, 4.69) is 12.4 Å². The molecule has 0 atom stereocenters. The summed E-state index contributed by atoms with van der Waals surface area (Å²) in [5, 5.41) is 3.47. The number of fused-ring (bicyclic) bond motifs is 3. The van der Waals surface area contributed by atoms with Gasteiger partial charge in [-0.2, -0.15) is 0 Å². The van der Waals surface area contributed by atoms with E-state index in [0.717, 1.165) is 38.6 Å². The zero-order chi connectivity index (χ0) is 20.0. The first-order valence-corrected chi connectivity index (χ1v) is 10.5. The first kappa shape index (κ1) is 24.2. The highest BCUT2D eigenvalue weighted by atomic mass is 16.5. The zero-order valence-corrected chi connectivity index (χ0v) is 17.5. The van der Waals surface area contributed by atoms with E-state index in [1.807, 2.05) is 13.8 Å². The maximum atomic E-state index is 11.9. The van der Waals surface area contributed by atoms with Crippen molar-refractivity contribution in [2.45, 2.75) is 70.8 Å². The Bertz CT molecular complexity index is 402. The number of nitrogens with one attached hydrogen (secondary N) is 1. The van der Waals surface area contributed by atoms with Gasteiger partial charge in [0.25, 0.3) is 0 Å². The summed E-state index contributed by atoms with van der Waals surface area (Å²) in [6, 6.07) is 0. The molecule has 0 unspecified atom stereocenters. The molecule has 0 radical (unpaired) electrons. The Morgan fingerprint density at radius 3 is 1.85 bits per heavy atom. The smallest absolute Gasteiger partial charge is 0.138 e. The molecular weight excluding hydrogens is 346 g/mol. The molecule has 0 heterocycles. The van der Waals surface area contributed by atoms with Crippen LogP contribution in [0.1, 0.15) is 65.2 Å². The quantitative estimate of drug-likeness (QED) is 0.388. The summed E-state index contributed by atoms with van der Waals surface area (Å²) in [7, 11) is 2.07. The van der Waals surface area contributed by atoms with Gasteiger partial charge in [0, 0.05) is 30.4 Å². The number of aldehydes is 1. The first-order chi connectivity index (χ1) is 13.1. The first-order valence-electron chi connectivity index (χ1n) is 10.5. The molecule has 27 heavy (non-hydrogen) atoms. The SMILES string of the molecule is CCC(=O)C12CCC(NC)(CC1)CC2.CCOCCOCCOCCC=O.